The number of piperidine rings is 1. The number of rotatable bonds is 4. The number of aromatic nitrogens is 4. The molecule has 2 bridgehead atoms. The van der Waals surface area contributed by atoms with Crippen molar-refractivity contribution in [3.8, 4) is 0 Å². The summed E-state index contributed by atoms with van der Waals surface area (Å²) >= 11 is 0. The highest BCUT2D eigenvalue weighted by atomic mass is 19.1. The average molecular weight is 464 g/mol. The van der Waals surface area contributed by atoms with E-state index in [-0.39, 0.29) is 16.7 Å². The van der Waals surface area contributed by atoms with Crippen LogP contribution in [0.3, 0.4) is 0 Å². The minimum Gasteiger partial charge on any atom is -0.368 e. The predicted molar refractivity (Wildman–Crippen MR) is 124 cm³/mol. The number of nitrogens with one attached hydrogen (secondary N) is 2. The van der Waals surface area contributed by atoms with Gasteiger partial charge >= 0.3 is 0 Å². The molecule has 0 atom stereocenters. The molecule has 34 heavy (non-hydrogen) atoms. The van der Waals surface area contributed by atoms with Crippen LogP contribution in [-0.4, -0.2) is 69.5 Å². The number of carbonyl (C=O) groups is 1. The second-order valence-corrected chi connectivity index (χ2v) is 9.61. The van der Waals surface area contributed by atoms with E-state index in [4.69, 9.17) is 4.98 Å². The maximum atomic E-state index is 14.6. The highest BCUT2D eigenvalue weighted by Gasteiger charge is 2.59. The van der Waals surface area contributed by atoms with Crippen molar-refractivity contribution < 1.29 is 9.18 Å². The molecule has 0 radical (unpaired) electrons. The van der Waals surface area contributed by atoms with Crippen molar-refractivity contribution in [2.75, 3.05) is 31.6 Å². The Morgan fingerprint density at radius 3 is 2.71 bits per heavy atom. The lowest BCUT2D eigenvalue weighted by Crippen LogP contribution is -2.46. The molecule has 3 aromatic heterocycles. The molecule has 0 spiro atoms. The van der Waals surface area contributed by atoms with Crippen LogP contribution in [0.1, 0.15) is 42.0 Å². The van der Waals surface area contributed by atoms with Crippen LogP contribution in [0.15, 0.2) is 35.3 Å². The van der Waals surface area contributed by atoms with Gasteiger partial charge in [-0.2, -0.15) is 4.39 Å². The molecule has 10 heteroatoms. The third kappa shape index (κ3) is 3.27. The molecule has 3 aliphatic heterocycles. The van der Waals surface area contributed by atoms with Gasteiger partial charge in [-0.3, -0.25) is 14.5 Å². The van der Waals surface area contributed by atoms with E-state index in [0.29, 0.717) is 28.8 Å². The third-order valence-electron chi connectivity index (χ3n) is 7.75. The molecule has 2 N–H and O–H groups in total. The van der Waals surface area contributed by atoms with Crippen LogP contribution in [-0.2, 0) is 5.41 Å². The van der Waals surface area contributed by atoms with Gasteiger partial charge in [0, 0.05) is 50.4 Å². The van der Waals surface area contributed by atoms with Gasteiger partial charge in [-0.05, 0) is 49.9 Å². The summed E-state index contributed by atoms with van der Waals surface area (Å²) in [6.45, 7) is 2.34. The normalized spacial score (nSPS) is 24.9. The van der Waals surface area contributed by atoms with Crippen molar-refractivity contribution in [1.29, 1.82) is 0 Å². The second-order valence-electron chi connectivity index (χ2n) is 9.61. The number of halogens is 1. The zero-order valence-electron chi connectivity index (χ0n) is 18.9. The smallest absolute Gasteiger partial charge is 0.269 e. The van der Waals surface area contributed by atoms with Crippen LogP contribution >= 0.6 is 0 Å². The number of anilines is 1. The average Bonchev–Trinajstić information content (AvgIpc) is 3.41. The van der Waals surface area contributed by atoms with Crippen LogP contribution in [0.4, 0.5) is 10.1 Å². The summed E-state index contributed by atoms with van der Waals surface area (Å²) in [7, 11) is 1.50. The first-order chi connectivity index (χ1) is 16.5. The largest absolute Gasteiger partial charge is 0.368 e. The van der Waals surface area contributed by atoms with E-state index < -0.39 is 11.9 Å². The van der Waals surface area contributed by atoms with E-state index in [2.05, 4.69) is 25.2 Å². The van der Waals surface area contributed by atoms with Crippen LogP contribution < -0.4 is 15.8 Å². The lowest BCUT2D eigenvalue weighted by atomic mass is 9.69. The van der Waals surface area contributed by atoms with Gasteiger partial charge in [-0.1, -0.05) is 0 Å². The minimum atomic E-state index is -0.609. The number of H-pyrrole nitrogens is 1. The van der Waals surface area contributed by atoms with Crippen LogP contribution in [0.2, 0.25) is 0 Å². The monoisotopic (exact) mass is 463 g/mol. The zero-order chi connectivity index (χ0) is 23.4. The number of hydrogen-bond acceptors (Lipinski definition) is 7. The molecule has 9 nitrogen and oxygen atoms in total. The fourth-order valence-electron chi connectivity index (χ4n) is 5.96. The van der Waals surface area contributed by atoms with Gasteiger partial charge in [-0.25, -0.2) is 15.0 Å². The topological polar surface area (TPSA) is 107 Å². The Morgan fingerprint density at radius 2 is 1.97 bits per heavy atom. The number of fused-ring (bicyclic) bond motifs is 2. The summed E-state index contributed by atoms with van der Waals surface area (Å²) < 4.78 is 14.6. The first-order valence-corrected chi connectivity index (χ1v) is 11.7. The van der Waals surface area contributed by atoms with Gasteiger partial charge < -0.3 is 15.2 Å². The number of hydrogen-bond donors (Lipinski definition) is 2. The van der Waals surface area contributed by atoms with Crippen LogP contribution in [0, 0.1) is 5.95 Å². The first-order valence-electron chi connectivity index (χ1n) is 11.7. The van der Waals surface area contributed by atoms with E-state index in [1.54, 1.807) is 30.5 Å². The Morgan fingerprint density at radius 1 is 1.18 bits per heavy atom. The Labute approximate surface area is 195 Å². The highest BCUT2D eigenvalue weighted by Crippen LogP contribution is 2.53. The number of amides is 1. The molecule has 0 unspecified atom stereocenters. The summed E-state index contributed by atoms with van der Waals surface area (Å²) in [6.07, 6.45) is 5.50. The van der Waals surface area contributed by atoms with E-state index in [0.717, 1.165) is 51.1 Å². The molecule has 0 aromatic carbocycles. The quantitative estimate of drug-likeness (QED) is 0.566. The summed E-state index contributed by atoms with van der Waals surface area (Å²) in [4.78, 5) is 44.7. The Bertz CT molecular complexity index is 1330. The Balaban J connectivity index is 1.14. The third-order valence-corrected chi connectivity index (χ3v) is 7.75. The number of aromatic amines is 1. The highest BCUT2D eigenvalue weighted by molar-refractivity contribution is 5.92. The summed E-state index contributed by atoms with van der Waals surface area (Å²) in [5, 5.41) is 2.98. The standard InChI is InChI=1S/C24H26FN7O2/c1-26-22(34)17-4-5-18(19(25)28-17)31-9-6-14(7-10-31)32-13-24(11-15(32)12-24)23-29-20-16(21(33)30-23)3-2-8-27-20/h2-5,8,14-15H,6-7,9-13H2,1H3,(H,26,34)(H,27,29,30,33). The molecule has 6 heterocycles. The van der Waals surface area contributed by atoms with Gasteiger partial charge in [-0.15, -0.1) is 0 Å². The van der Waals surface area contributed by atoms with Crippen molar-refractivity contribution in [1.82, 2.24) is 30.2 Å². The van der Waals surface area contributed by atoms with E-state index >= 15 is 0 Å². The van der Waals surface area contributed by atoms with Gasteiger partial charge in [0.05, 0.1) is 11.1 Å². The number of pyridine rings is 2. The second kappa shape index (κ2) is 7.83. The molecule has 7 rings (SSSR count). The molecule has 1 aliphatic carbocycles. The van der Waals surface area contributed by atoms with Gasteiger partial charge in [0.25, 0.3) is 11.5 Å². The summed E-state index contributed by atoms with van der Waals surface area (Å²) in [5.74, 6) is -0.254. The molecule has 1 amide bonds. The fraction of sp³-hybridized carbons (Fsp3) is 0.458. The summed E-state index contributed by atoms with van der Waals surface area (Å²) in [5.41, 5.74) is 0.785. The molecule has 176 valence electrons. The first kappa shape index (κ1) is 21.2. The maximum Gasteiger partial charge on any atom is 0.269 e. The fourth-order valence-corrected chi connectivity index (χ4v) is 5.96. The SMILES string of the molecule is CNC(=O)c1ccc(N2CCC(N3CC4(c5nc6ncccc6c(=O)[nH]5)CC3C4)CC2)c(F)n1. The van der Waals surface area contributed by atoms with Gasteiger partial charge in [0.15, 0.2) is 5.65 Å². The van der Waals surface area contributed by atoms with Crippen LogP contribution in [0.5, 0.6) is 0 Å². The Kier molecular flexibility index (Phi) is 4.87. The maximum absolute atomic E-state index is 14.6. The predicted octanol–water partition coefficient (Wildman–Crippen LogP) is 1.60. The van der Waals surface area contributed by atoms with E-state index in [1.165, 1.54) is 7.05 Å². The van der Waals surface area contributed by atoms with Crippen molar-refractivity contribution in [3.63, 3.8) is 0 Å². The van der Waals surface area contributed by atoms with Crippen molar-refractivity contribution >= 4 is 22.6 Å². The molecule has 3 aromatic rings. The van der Waals surface area contributed by atoms with Crippen molar-refractivity contribution in [3.05, 3.63) is 58.3 Å². The number of nitrogens with zero attached hydrogens (tertiary/aromatic N) is 5. The van der Waals surface area contributed by atoms with E-state index in [9.17, 15) is 14.0 Å². The van der Waals surface area contributed by atoms with Crippen molar-refractivity contribution in [2.45, 2.75) is 43.2 Å². The Hall–Kier alpha value is -3.40. The minimum absolute atomic E-state index is 0.0799. The number of carbonyl (C=O) groups excluding carboxylic acids is 1. The molecular weight excluding hydrogens is 437 g/mol. The molecular formula is C24H26FN7O2. The molecule has 4 fully saturated rings. The lowest BCUT2D eigenvalue weighted by molar-refractivity contribution is 0.0957. The van der Waals surface area contributed by atoms with E-state index in [1.807, 2.05) is 4.90 Å². The van der Waals surface area contributed by atoms with Crippen LogP contribution in [0.25, 0.3) is 11.0 Å². The van der Waals surface area contributed by atoms with Gasteiger partial charge in [0.2, 0.25) is 5.95 Å². The van der Waals surface area contributed by atoms with Gasteiger partial charge in [0.1, 0.15) is 11.5 Å². The molecule has 1 saturated carbocycles. The summed E-state index contributed by atoms with van der Waals surface area (Å²) in [6, 6.07) is 7.61. The lowest BCUT2D eigenvalue weighted by Gasteiger charge is -2.40. The van der Waals surface area contributed by atoms with Crippen molar-refractivity contribution in [2.24, 2.45) is 0 Å². The zero-order valence-corrected chi connectivity index (χ0v) is 18.9. The molecule has 4 aliphatic rings. The molecule has 3 saturated heterocycles.